The van der Waals surface area contributed by atoms with Crippen molar-refractivity contribution in [2.45, 2.75) is 242 Å². The lowest BCUT2D eigenvalue weighted by Gasteiger charge is -2.47. The van der Waals surface area contributed by atoms with E-state index >= 15 is 0 Å². The summed E-state index contributed by atoms with van der Waals surface area (Å²) >= 11 is 0. The van der Waals surface area contributed by atoms with Gasteiger partial charge in [-0.25, -0.2) is 9.78 Å². The molecular formula is C53H84O13. The van der Waals surface area contributed by atoms with Crippen LogP contribution in [-0.4, -0.2) is 103 Å². The Labute approximate surface area is 395 Å². The summed E-state index contributed by atoms with van der Waals surface area (Å²) in [5.74, 6) is -2.85. The van der Waals surface area contributed by atoms with Crippen LogP contribution >= 0.6 is 0 Å². The molecule has 13 heteroatoms. The first-order valence-electron chi connectivity index (χ1n) is 26.5. The number of carboxylic acid groups (broad SMARTS) is 2. The van der Waals surface area contributed by atoms with Gasteiger partial charge >= 0.3 is 17.9 Å². The van der Waals surface area contributed by atoms with E-state index in [9.17, 15) is 24.6 Å². The zero-order valence-corrected chi connectivity index (χ0v) is 40.3. The molecule has 0 aromatic rings. The van der Waals surface area contributed by atoms with Crippen molar-refractivity contribution in [1.82, 2.24) is 0 Å². The van der Waals surface area contributed by atoms with Crippen LogP contribution in [0.5, 0.6) is 0 Å². The van der Waals surface area contributed by atoms with Crippen LogP contribution in [0.25, 0.3) is 0 Å². The largest absolute Gasteiger partial charge is 0.481 e. The molecular weight excluding hydrogens is 845 g/mol. The molecule has 0 saturated heterocycles. The second-order valence-electron chi connectivity index (χ2n) is 22.0. The first-order chi connectivity index (χ1) is 31.9. The molecule has 0 aromatic carbocycles. The van der Waals surface area contributed by atoms with Gasteiger partial charge in [-0.15, -0.1) is 0 Å². The lowest BCUT2D eigenvalue weighted by Crippen LogP contribution is -2.41. The van der Waals surface area contributed by atoms with Crippen molar-refractivity contribution >= 4 is 17.9 Å². The summed E-state index contributed by atoms with van der Waals surface area (Å²) in [6.45, 7) is 6.43. The number of hydrogen-bond acceptors (Lipinski definition) is 11. The predicted octanol–water partition coefficient (Wildman–Crippen LogP) is 9.99. The fourth-order valence-electron chi connectivity index (χ4n) is 13.2. The molecule has 7 fully saturated rings. The maximum Gasteiger partial charge on any atom is 0.310 e. The van der Waals surface area contributed by atoms with Crippen molar-refractivity contribution in [2.75, 3.05) is 19.8 Å². The van der Waals surface area contributed by atoms with Crippen LogP contribution < -0.4 is 0 Å². The first kappa shape index (κ1) is 51.4. The Morgan fingerprint density at radius 2 is 0.985 bits per heavy atom. The number of hydrogen-bond donors (Lipinski definition) is 2. The van der Waals surface area contributed by atoms with Gasteiger partial charge in [-0.3, -0.25) is 14.4 Å². The second kappa shape index (κ2) is 25.4. The summed E-state index contributed by atoms with van der Waals surface area (Å²) in [5, 5.41) is 19.6. The molecule has 7 saturated carbocycles. The monoisotopic (exact) mass is 929 g/mol. The molecule has 0 radical (unpaired) electrons. The molecule has 0 bridgehead atoms. The Bertz CT molecular complexity index is 1530. The van der Waals surface area contributed by atoms with E-state index in [1.54, 1.807) is 0 Å². The van der Waals surface area contributed by atoms with Crippen LogP contribution in [0.1, 0.15) is 187 Å². The second-order valence-corrected chi connectivity index (χ2v) is 22.0. The predicted molar refractivity (Wildman–Crippen MR) is 246 cm³/mol. The van der Waals surface area contributed by atoms with Gasteiger partial charge in [0.1, 0.15) is 18.3 Å². The molecule has 0 aromatic heterocycles. The zero-order chi connectivity index (χ0) is 46.5. The fraction of sp³-hybridized carbons (Fsp3) is 0.906. The molecule has 13 nitrogen and oxygen atoms in total. The Kier molecular flexibility index (Phi) is 19.8. The number of terminal acetylenes is 1. The van der Waals surface area contributed by atoms with Crippen LogP contribution in [0.4, 0.5) is 0 Å². The first-order valence-corrected chi connectivity index (χ1v) is 26.5. The van der Waals surface area contributed by atoms with Gasteiger partial charge in [0.2, 0.25) is 0 Å². The van der Waals surface area contributed by atoms with Gasteiger partial charge in [-0.2, -0.15) is 0 Å². The van der Waals surface area contributed by atoms with Crippen molar-refractivity contribution in [1.29, 1.82) is 0 Å². The van der Waals surface area contributed by atoms with Gasteiger partial charge in [0.05, 0.1) is 80.3 Å². The van der Waals surface area contributed by atoms with E-state index in [1.807, 2.05) is 0 Å². The minimum Gasteiger partial charge on any atom is -0.481 e. The van der Waals surface area contributed by atoms with E-state index in [-0.39, 0.29) is 67.1 Å². The minimum absolute atomic E-state index is 0.0117. The normalized spacial score (nSPS) is 37.3. The van der Waals surface area contributed by atoms with Gasteiger partial charge in [-0.1, -0.05) is 39.5 Å². The molecule has 0 aliphatic heterocycles. The molecule has 7 aliphatic rings. The number of carbonyl (C=O) groups excluding carboxylic acids is 1. The van der Waals surface area contributed by atoms with Crippen molar-refractivity contribution in [3.8, 4) is 12.5 Å². The van der Waals surface area contributed by atoms with E-state index in [0.29, 0.717) is 62.9 Å². The average Bonchev–Trinajstić information content (AvgIpc) is 3.32. The SMILES string of the molecule is C#COC1CCC(C(=O)O)C(C(=O)OC2CCC(OC3CCC(C(C)(C)C4CCC(OC5CCC(OOCC6CC(OCCOC7CCCCC7)CCC6C(=O)O)CC5)CC4)CC3)CC2)C1. The molecule has 7 rings (SSSR count). The molecule has 0 amide bonds. The van der Waals surface area contributed by atoms with Crippen molar-refractivity contribution in [3.05, 3.63) is 0 Å². The lowest BCUT2D eigenvalue weighted by atomic mass is 9.60. The lowest BCUT2D eigenvalue weighted by molar-refractivity contribution is -0.339. The molecule has 66 heavy (non-hydrogen) atoms. The molecule has 2 N–H and O–H groups in total. The van der Waals surface area contributed by atoms with Crippen LogP contribution in [0.15, 0.2) is 0 Å². The summed E-state index contributed by atoms with van der Waals surface area (Å²) in [7, 11) is 0. The number of carboxylic acids is 2. The summed E-state index contributed by atoms with van der Waals surface area (Å²) in [6, 6.07) is 0. The number of esters is 1. The van der Waals surface area contributed by atoms with Gasteiger partial charge in [0.25, 0.3) is 0 Å². The highest BCUT2D eigenvalue weighted by Gasteiger charge is 2.44. The number of rotatable bonds is 20. The third-order valence-corrected chi connectivity index (χ3v) is 17.5. The Balaban J connectivity index is 0.732. The van der Waals surface area contributed by atoms with Crippen molar-refractivity contribution in [3.63, 3.8) is 0 Å². The number of aliphatic carboxylic acids is 2. The number of ether oxygens (including phenoxy) is 6. The summed E-state index contributed by atoms with van der Waals surface area (Å²) < 4.78 is 36.7. The van der Waals surface area contributed by atoms with Crippen LogP contribution in [0.3, 0.4) is 0 Å². The summed E-state index contributed by atoms with van der Waals surface area (Å²) in [5.41, 5.74) is 0.275. The Morgan fingerprint density at radius 3 is 1.53 bits per heavy atom. The zero-order valence-electron chi connectivity index (χ0n) is 40.3. The third kappa shape index (κ3) is 14.8. The van der Waals surface area contributed by atoms with Crippen LogP contribution in [0, 0.1) is 53.5 Å². The molecule has 374 valence electrons. The van der Waals surface area contributed by atoms with E-state index in [2.05, 4.69) is 20.0 Å². The third-order valence-electron chi connectivity index (χ3n) is 17.5. The van der Waals surface area contributed by atoms with Gasteiger partial charge in [0.15, 0.2) is 0 Å². The summed E-state index contributed by atoms with van der Waals surface area (Å²) in [4.78, 5) is 48.8. The molecule has 6 atom stereocenters. The maximum atomic E-state index is 13.1. The highest BCUT2D eigenvalue weighted by molar-refractivity contribution is 5.81. The van der Waals surface area contributed by atoms with E-state index < -0.39 is 35.7 Å². The van der Waals surface area contributed by atoms with Gasteiger partial charge < -0.3 is 38.6 Å². The van der Waals surface area contributed by atoms with Gasteiger partial charge in [0, 0.05) is 5.92 Å². The molecule has 7 aliphatic carbocycles. The smallest absolute Gasteiger partial charge is 0.310 e. The molecule has 6 unspecified atom stereocenters. The van der Waals surface area contributed by atoms with E-state index in [0.717, 1.165) is 96.3 Å². The van der Waals surface area contributed by atoms with E-state index in [4.69, 9.17) is 44.6 Å². The molecule has 0 spiro atoms. The van der Waals surface area contributed by atoms with Crippen molar-refractivity contribution in [2.24, 2.45) is 40.9 Å². The molecule has 0 heterocycles. The average molecular weight is 929 g/mol. The standard InChI is InChI=1S/C53H84O13/c1-4-59-46-27-29-48(51(56)57)49(33-46)52(58)65-43-20-18-41(19-21-43)63-39-14-10-36(11-15-39)53(2,3)37-12-16-40(17-13-37)64-42-22-24-44(25-23-42)66-62-34-35-32-45(26-28-47(35)50(54)55)61-31-30-60-38-8-6-5-7-9-38/h1,35-49H,5-34H2,2-3H3,(H,54,55)(H,56,57). The van der Waals surface area contributed by atoms with Crippen LogP contribution in [-0.2, 0) is 52.6 Å². The van der Waals surface area contributed by atoms with Crippen LogP contribution in [0.2, 0.25) is 0 Å². The fourth-order valence-corrected chi connectivity index (χ4v) is 13.2. The van der Waals surface area contributed by atoms with Crippen molar-refractivity contribution < 1.29 is 62.8 Å². The quantitative estimate of drug-likeness (QED) is 0.0390. The Hall–Kier alpha value is -2.47. The minimum atomic E-state index is -0.966. The highest BCUT2D eigenvalue weighted by atomic mass is 17.2. The number of carbonyl (C=O) groups is 3. The Morgan fingerprint density at radius 1 is 0.515 bits per heavy atom. The van der Waals surface area contributed by atoms with E-state index in [1.165, 1.54) is 44.9 Å². The summed E-state index contributed by atoms with van der Waals surface area (Å²) in [6.07, 6.45) is 33.7. The topological polar surface area (TPSA) is 166 Å². The maximum absolute atomic E-state index is 13.1. The highest BCUT2D eigenvalue weighted by Crippen LogP contribution is 2.49. The van der Waals surface area contributed by atoms with Gasteiger partial charge in [-0.05, 0) is 171 Å².